The summed E-state index contributed by atoms with van der Waals surface area (Å²) < 4.78 is 1.92. The molecule has 1 amide bonds. The Balaban J connectivity index is 1.67. The molecule has 1 saturated carbocycles. The summed E-state index contributed by atoms with van der Waals surface area (Å²) in [5, 5.41) is 11.3. The number of benzene rings is 2. The van der Waals surface area contributed by atoms with Crippen LogP contribution in [0.3, 0.4) is 0 Å². The van der Waals surface area contributed by atoms with Gasteiger partial charge in [-0.3, -0.25) is 4.79 Å². The number of carbonyl (C=O) groups is 1. The molecule has 1 heterocycles. The maximum absolute atomic E-state index is 12.9. The molecule has 2 N–H and O–H groups in total. The minimum Gasteiger partial charge on any atom is -0.367 e. The molecule has 0 saturated heterocycles. The lowest BCUT2D eigenvalue weighted by atomic mass is 10.1. The molecule has 0 spiro atoms. The average molecular weight is 360 g/mol. The van der Waals surface area contributed by atoms with Gasteiger partial charge in [0.1, 0.15) is 6.04 Å². The van der Waals surface area contributed by atoms with Gasteiger partial charge in [0.05, 0.1) is 22.8 Å². The van der Waals surface area contributed by atoms with Crippen LogP contribution >= 0.6 is 0 Å². The molecule has 5 nitrogen and oxygen atoms in total. The smallest absolute Gasteiger partial charge is 0.247 e. The minimum absolute atomic E-state index is 0.00922. The maximum Gasteiger partial charge on any atom is 0.247 e. The molecule has 1 aromatic heterocycles. The van der Waals surface area contributed by atoms with Crippen molar-refractivity contribution >= 4 is 11.6 Å². The van der Waals surface area contributed by atoms with Crippen molar-refractivity contribution in [2.24, 2.45) is 0 Å². The van der Waals surface area contributed by atoms with Gasteiger partial charge in [0.2, 0.25) is 5.91 Å². The van der Waals surface area contributed by atoms with E-state index in [2.05, 4.69) is 15.7 Å². The van der Waals surface area contributed by atoms with Crippen molar-refractivity contribution in [1.82, 2.24) is 15.1 Å². The topological polar surface area (TPSA) is 59.0 Å². The molecule has 1 aliphatic carbocycles. The largest absolute Gasteiger partial charge is 0.367 e. The monoisotopic (exact) mass is 360 g/mol. The normalized spacial score (nSPS) is 14.6. The van der Waals surface area contributed by atoms with Gasteiger partial charge in [-0.1, -0.05) is 48.5 Å². The van der Waals surface area contributed by atoms with Crippen molar-refractivity contribution in [2.45, 2.75) is 38.8 Å². The van der Waals surface area contributed by atoms with Crippen molar-refractivity contribution in [3.63, 3.8) is 0 Å². The van der Waals surface area contributed by atoms with Gasteiger partial charge in [-0.25, -0.2) is 4.68 Å². The summed E-state index contributed by atoms with van der Waals surface area (Å²) in [6, 6.07) is 19.7. The molecule has 5 heteroatoms. The summed E-state index contributed by atoms with van der Waals surface area (Å²) in [4.78, 5) is 12.9. The van der Waals surface area contributed by atoms with Gasteiger partial charge in [-0.2, -0.15) is 5.10 Å². The fourth-order valence-corrected chi connectivity index (χ4v) is 3.27. The second-order valence-corrected chi connectivity index (χ2v) is 7.06. The van der Waals surface area contributed by atoms with E-state index in [1.54, 1.807) is 0 Å². The zero-order valence-electron chi connectivity index (χ0n) is 15.6. The fraction of sp³-hybridized carbons (Fsp3) is 0.273. The molecule has 3 aromatic rings. The van der Waals surface area contributed by atoms with Crippen LogP contribution in [0.25, 0.3) is 5.69 Å². The molecule has 0 aliphatic heterocycles. The first kappa shape index (κ1) is 17.3. The van der Waals surface area contributed by atoms with Crippen LogP contribution in [0.1, 0.15) is 35.8 Å². The number of hydrogen-bond donors (Lipinski definition) is 2. The van der Waals surface area contributed by atoms with E-state index >= 15 is 0 Å². The Bertz CT molecular complexity index is 930. The van der Waals surface area contributed by atoms with Gasteiger partial charge in [-0.15, -0.1) is 0 Å². The van der Waals surface area contributed by atoms with E-state index < -0.39 is 6.04 Å². The lowest BCUT2D eigenvalue weighted by Gasteiger charge is -2.20. The molecule has 0 bridgehead atoms. The van der Waals surface area contributed by atoms with Crippen molar-refractivity contribution in [3.05, 3.63) is 77.6 Å². The molecule has 1 atom stereocenters. The van der Waals surface area contributed by atoms with Crippen LogP contribution in [0.15, 0.2) is 60.7 Å². The highest BCUT2D eigenvalue weighted by atomic mass is 16.2. The highest BCUT2D eigenvalue weighted by Crippen LogP contribution is 2.28. The Morgan fingerprint density at radius 3 is 2.30 bits per heavy atom. The van der Waals surface area contributed by atoms with Crippen molar-refractivity contribution < 1.29 is 4.79 Å². The molecular formula is C22H24N4O. The van der Waals surface area contributed by atoms with Gasteiger partial charge in [-0.05, 0) is 44.4 Å². The van der Waals surface area contributed by atoms with E-state index in [1.165, 1.54) is 0 Å². The van der Waals surface area contributed by atoms with Gasteiger partial charge in [0.15, 0.2) is 0 Å². The quantitative estimate of drug-likeness (QED) is 0.700. The van der Waals surface area contributed by atoms with E-state index in [4.69, 9.17) is 0 Å². The number of aromatic nitrogens is 2. The summed E-state index contributed by atoms with van der Waals surface area (Å²) in [7, 11) is 0. The molecule has 138 valence electrons. The summed E-state index contributed by atoms with van der Waals surface area (Å²) >= 11 is 0. The van der Waals surface area contributed by atoms with Gasteiger partial charge < -0.3 is 10.6 Å². The first-order valence-electron chi connectivity index (χ1n) is 9.37. The van der Waals surface area contributed by atoms with Crippen LogP contribution in [-0.2, 0) is 4.79 Å². The van der Waals surface area contributed by atoms with Crippen LogP contribution < -0.4 is 10.6 Å². The summed E-state index contributed by atoms with van der Waals surface area (Å²) in [6.45, 7) is 3.99. The lowest BCUT2D eigenvalue weighted by Crippen LogP contribution is -2.35. The summed E-state index contributed by atoms with van der Waals surface area (Å²) in [6.07, 6.45) is 2.13. The predicted octanol–water partition coefficient (Wildman–Crippen LogP) is 3.92. The molecule has 4 rings (SSSR count). The third-order valence-electron chi connectivity index (χ3n) is 4.90. The zero-order valence-corrected chi connectivity index (χ0v) is 15.6. The fourth-order valence-electron chi connectivity index (χ4n) is 3.27. The molecular weight excluding hydrogens is 336 g/mol. The number of carbonyl (C=O) groups excluding carboxylic acids is 1. The summed E-state index contributed by atoms with van der Waals surface area (Å²) in [5.74, 6) is 0.00922. The van der Waals surface area contributed by atoms with Gasteiger partial charge in [0, 0.05) is 6.04 Å². The SMILES string of the molecule is Cc1nn(-c2ccccc2)c(C)c1N[C@@H](C(=O)NC1CC1)c1ccccc1. The van der Waals surface area contributed by atoms with Crippen LogP contribution in [-0.4, -0.2) is 21.7 Å². The second kappa shape index (κ2) is 7.27. The van der Waals surface area contributed by atoms with Crippen LogP contribution in [0, 0.1) is 13.8 Å². The zero-order chi connectivity index (χ0) is 18.8. The van der Waals surface area contributed by atoms with E-state index in [0.717, 1.165) is 41.2 Å². The van der Waals surface area contributed by atoms with E-state index in [1.807, 2.05) is 79.2 Å². The van der Waals surface area contributed by atoms with E-state index in [0.29, 0.717) is 6.04 Å². The average Bonchev–Trinajstić information content (AvgIpc) is 3.46. The van der Waals surface area contributed by atoms with Crippen LogP contribution in [0.4, 0.5) is 5.69 Å². The summed E-state index contributed by atoms with van der Waals surface area (Å²) in [5.41, 5.74) is 4.71. The van der Waals surface area contributed by atoms with Crippen molar-refractivity contribution in [1.29, 1.82) is 0 Å². The lowest BCUT2D eigenvalue weighted by molar-refractivity contribution is -0.122. The second-order valence-electron chi connectivity index (χ2n) is 7.06. The Labute approximate surface area is 159 Å². The predicted molar refractivity (Wildman–Crippen MR) is 107 cm³/mol. The third kappa shape index (κ3) is 3.72. The molecule has 1 aliphatic rings. The number of hydrogen-bond acceptors (Lipinski definition) is 3. The Morgan fingerprint density at radius 2 is 1.67 bits per heavy atom. The van der Waals surface area contributed by atoms with E-state index in [9.17, 15) is 4.79 Å². The highest BCUT2D eigenvalue weighted by Gasteiger charge is 2.29. The molecule has 0 radical (unpaired) electrons. The molecule has 2 aromatic carbocycles. The van der Waals surface area contributed by atoms with E-state index in [-0.39, 0.29) is 5.91 Å². The minimum atomic E-state index is -0.447. The van der Waals surface area contributed by atoms with Gasteiger partial charge in [0.25, 0.3) is 0 Å². The maximum atomic E-state index is 12.9. The van der Waals surface area contributed by atoms with Gasteiger partial charge >= 0.3 is 0 Å². The number of nitrogens with one attached hydrogen (secondary N) is 2. The number of aryl methyl sites for hydroxylation is 1. The van der Waals surface area contributed by atoms with Crippen molar-refractivity contribution in [2.75, 3.05) is 5.32 Å². The first-order valence-corrected chi connectivity index (χ1v) is 9.37. The molecule has 0 unspecified atom stereocenters. The number of nitrogens with zero attached hydrogens (tertiary/aromatic N) is 2. The van der Waals surface area contributed by atoms with Crippen LogP contribution in [0.5, 0.6) is 0 Å². The van der Waals surface area contributed by atoms with Crippen LogP contribution in [0.2, 0.25) is 0 Å². The number of anilines is 1. The number of amides is 1. The first-order chi connectivity index (χ1) is 13.1. The third-order valence-corrected chi connectivity index (χ3v) is 4.90. The Kier molecular flexibility index (Phi) is 4.67. The number of rotatable bonds is 6. The highest BCUT2D eigenvalue weighted by molar-refractivity contribution is 5.87. The Hall–Kier alpha value is -3.08. The Morgan fingerprint density at radius 1 is 1.04 bits per heavy atom. The van der Waals surface area contributed by atoms with Crippen molar-refractivity contribution in [3.8, 4) is 5.69 Å². The standard InChI is InChI=1S/C22H24N4O/c1-15-20(16(2)26(25-15)19-11-7-4-8-12-19)24-21(17-9-5-3-6-10-17)22(27)23-18-13-14-18/h3-12,18,21,24H,13-14H2,1-2H3,(H,23,27)/t21-/m1/s1. The molecule has 27 heavy (non-hydrogen) atoms. The number of para-hydroxylation sites is 1. The molecule has 1 fully saturated rings.